The molecule has 2 aliphatic carbocycles. The maximum Gasteiger partial charge on any atom is 0.0651 e. The first-order chi connectivity index (χ1) is 10.0. The van der Waals surface area contributed by atoms with Crippen LogP contribution in [0.5, 0.6) is 0 Å². The van der Waals surface area contributed by atoms with E-state index >= 15 is 0 Å². The molecule has 0 unspecified atom stereocenters. The minimum Gasteiger partial charge on any atom is -0.378 e. The topological polar surface area (TPSA) is 15.7 Å². The van der Waals surface area contributed by atoms with Crippen LogP contribution >= 0.6 is 0 Å². The Labute approximate surface area is 132 Å². The normalized spacial score (nSPS) is 25.4. The third-order valence-corrected chi connectivity index (χ3v) is 6.21. The summed E-state index contributed by atoms with van der Waals surface area (Å²) in [5.41, 5.74) is 0.584. The molecular weight excluding hydrogens is 260 g/mol. The minimum atomic E-state index is 0.292. The second-order valence-corrected chi connectivity index (χ2v) is 7.85. The molecule has 0 aliphatic heterocycles. The third-order valence-electron chi connectivity index (χ3n) is 6.21. The van der Waals surface area contributed by atoms with E-state index in [0.29, 0.717) is 11.1 Å². The lowest BCUT2D eigenvalue weighted by molar-refractivity contribution is -0.0563. The third kappa shape index (κ3) is 4.00. The Morgan fingerprint density at radius 3 is 1.24 bits per heavy atom. The molecule has 0 heterocycles. The number of rotatable bonds is 6. The van der Waals surface area contributed by atoms with Gasteiger partial charge in [-0.15, -0.1) is 0 Å². The molecule has 2 rings (SSSR count). The molecular formula is C18H36N2O. The highest BCUT2D eigenvalue weighted by atomic mass is 16.5. The predicted octanol–water partition coefficient (Wildman–Crippen LogP) is 3.53. The summed E-state index contributed by atoms with van der Waals surface area (Å²) in [6.45, 7) is 1.82. The van der Waals surface area contributed by atoms with Crippen LogP contribution in [0.15, 0.2) is 0 Å². The highest BCUT2D eigenvalue weighted by molar-refractivity contribution is 4.93. The van der Waals surface area contributed by atoms with Crippen LogP contribution in [-0.4, -0.2) is 62.3 Å². The van der Waals surface area contributed by atoms with E-state index in [1.807, 2.05) is 0 Å². The summed E-state index contributed by atoms with van der Waals surface area (Å²) >= 11 is 0. The van der Waals surface area contributed by atoms with Crippen molar-refractivity contribution in [2.24, 2.45) is 0 Å². The van der Waals surface area contributed by atoms with Gasteiger partial charge in [-0.3, -0.25) is 0 Å². The summed E-state index contributed by atoms with van der Waals surface area (Å²) in [5, 5.41) is 0. The Kier molecular flexibility index (Phi) is 6.10. The summed E-state index contributed by atoms with van der Waals surface area (Å²) in [4.78, 5) is 4.85. The molecule has 3 nitrogen and oxygen atoms in total. The van der Waals surface area contributed by atoms with Crippen LogP contribution in [0.2, 0.25) is 0 Å². The number of hydrogen-bond donors (Lipinski definition) is 0. The molecule has 2 fully saturated rings. The van der Waals surface area contributed by atoms with Gasteiger partial charge in [-0.05, 0) is 53.9 Å². The molecule has 3 heteroatoms. The summed E-state index contributed by atoms with van der Waals surface area (Å²) in [7, 11) is 8.93. The lowest BCUT2D eigenvalue weighted by Crippen LogP contribution is -2.53. The van der Waals surface area contributed by atoms with Gasteiger partial charge < -0.3 is 14.5 Å². The fourth-order valence-electron chi connectivity index (χ4n) is 4.29. The van der Waals surface area contributed by atoms with Crippen LogP contribution in [0.25, 0.3) is 0 Å². The van der Waals surface area contributed by atoms with Gasteiger partial charge in [0.2, 0.25) is 0 Å². The molecule has 2 aliphatic rings. The zero-order valence-corrected chi connectivity index (χ0v) is 14.8. The van der Waals surface area contributed by atoms with Gasteiger partial charge in [0.25, 0.3) is 0 Å². The fourth-order valence-corrected chi connectivity index (χ4v) is 4.29. The number of hydrogen-bond acceptors (Lipinski definition) is 3. The van der Waals surface area contributed by atoms with Gasteiger partial charge in [-0.25, -0.2) is 0 Å². The lowest BCUT2D eigenvalue weighted by Gasteiger charge is -2.46. The van der Waals surface area contributed by atoms with Gasteiger partial charge in [-0.1, -0.05) is 38.5 Å². The Bertz CT molecular complexity index is 272. The number of ether oxygens (including phenoxy) is 1. The number of nitrogens with zero attached hydrogens (tertiary/aromatic N) is 2. The van der Waals surface area contributed by atoms with Crippen LogP contribution in [0.1, 0.15) is 64.2 Å². The SMILES string of the molecule is CN(C)C1(COCC2(N(C)C)CCCCC2)CCCCC1. The van der Waals surface area contributed by atoms with Gasteiger partial charge >= 0.3 is 0 Å². The van der Waals surface area contributed by atoms with Crippen molar-refractivity contribution in [1.82, 2.24) is 9.80 Å². The van der Waals surface area contributed by atoms with Gasteiger partial charge in [-0.2, -0.15) is 0 Å². The molecule has 0 amide bonds. The average molecular weight is 296 g/mol. The van der Waals surface area contributed by atoms with Crippen molar-refractivity contribution >= 4 is 0 Å². The molecule has 21 heavy (non-hydrogen) atoms. The van der Waals surface area contributed by atoms with E-state index in [1.54, 1.807) is 0 Å². The van der Waals surface area contributed by atoms with E-state index in [4.69, 9.17) is 4.74 Å². The maximum atomic E-state index is 6.36. The van der Waals surface area contributed by atoms with E-state index in [-0.39, 0.29) is 0 Å². The molecule has 2 saturated carbocycles. The van der Waals surface area contributed by atoms with Crippen LogP contribution in [-0.2, 0) is 4.74 Å². The van der Waals surface area contributed by atoms with Gasteiger partial charge in [0.1, 0.15) is 0 Å². The van der Waals surface area contributed by atoms with Crippen LogP contribution in [0, 0.1) is 0 Å². The molecule has 0 radical (unpaired) electrons. The second-order valence-electron chi connectivity index (χ2n) is 7.85. The van der Waals surface area contributed by atoms with Crippen molar-refractivity contribution in [3.05, 3.63) is 0 Å². The first-order valence-corrected chi connectivity index (χ1v) is 8.93. The van der Waals surface area contributed by atoms with E-state index in [0.717, 1.165) is 13.2 Å². The summed E-state index contributed by atoms with van der Waals surface area (Å²) in [5.74, 6) is 0. The molecule has 0 aromatic carbocycles. The first kappa shape index (κ1) is 17.2. The van der Waals surface area contributed by atoms with E-state index in [2.05, 4.69) is 38.0 Å². The second kappa shape index (κ2) is 7.43. The van der Waals surface area contributed by atoms with E-state index < -0.39 is 0 Å². The minimum absolute atomic E-state index is 0.292. The van der Waals surface area contributed by atoms with Crippen LogP contribution < -0.4 is 0 Å². The largest absolute Gasteiger partial charge is 0.378 e. The Balaban J connectivity index is 1.91. The van der Waals surface area contributed by atoms with Crippen molar-refractivity contribution in [2.45, 2.75) is 75.3 Å². The van der Waals surface area contributed by atoms with E-state index in [9.17, 15) is 0 Å². The standard InChI is InChI=1S/C18H36N2O/c1-19(2)17(11-7-5-8-12-17)15-21-16-18(20(3)4)13-9-6-10-14-18/h5-16H2,1-4H3. The first-order valence-electron chi connectivity index (χ1n) is 8.93. The van der Waals surface area contributed by atoms with Gasteiger partial charge in [0.05, 0.1) is 13.2 Å². The molecule has 124 valence electrons. The Hall–Kier alpha value is -0.120. The smallest absolute Gasteiger partial charge is 0.0651 e. The molecule has 0 saturated heterocycles. The summed E-state index contributed by atoms with van der Waals surface area (Å²) in [6, 6.07) is 0. The zero-order chi connectivity index (χ0) is 15.3. The average Bonchev–Trinajstić information content (AvgIpc) is 2.49. The van der Waals surface area contributed by atoms with Crippen molar-refractivity contribution in [1.29, 1.82) is 0 Å². The summed E-state index contributed by atoms with van der Waals surface area (Å²) in [6.07, 6.45) is 13.4. The highest BCUT2D eigenvalue weighted by Crippen LogP contribution is 2.35. The molecule has 0 N–H and O–H groups in total. The van der Waals surface area contributed by atoms with E-state index in [1.165, 1.54) is 64.2 Å². The van der Waals surface area contributed by atoms with Crippen molar-refractivity contribution in [3.63, 3.8) is 0 Å². The Morgan fingerprint density at radius 2 is 0.952 bits per heavy atom. The van der Waals surface area contributed by atoms with Crippen molar-refractivity contribution in [2.75, 3.05) is 41.4 Å². The van der Waals surface area contributed by atoms with Crippen LogP contribution in [0.3, 0.4) is 0 Å². The number of likely N-dealkylation sites (N-methyl/N-ethyl adjacent to an activating group) is 2. The van der Waals surface area contributed by atoms with Crippen molar-refractivity contribution < 1.29 is 4.74 Å². The monoisotopic (exact) mass is 296 g/mol. The zero-order valence-electron chi connectivity index (χ0n) is 14.8. The van der Waals surface area contributed by atoms with Gasteiger partial charge in [0.15, 0.2) is 0 Å². The maximum absolute atomic E-state index is 6.36. The Morgan fingerprint density at radius 1 is 0.619 bits per heavy atom. The van der Waals surface area contributed by atoms with Crippen molar-refractivity contribution in [3.8, 4) is 0 Å². The summed E-state index contributed by atoms with van der Waals surface area (Å²) < 4.78 is 6.36. The predicted molar refractivity (Wildman–Crippen MR) is 89.8 cm³/mol. The fraction of sp³-hybridized carbons (Fsp3) is 1.00. The molecule has 0 bridgehead atoms. The lowest BCUT2D eigenvalue weighted by atomic mass is 9.80. The molecule has 0 aromatic rings. The highest BCUT2D eigenvalue weighted by Gasteiger charge is 2.38. The van der Waals surface area contributed by atoms with Crippen LogP contribution in [0.4, 0.5) is 0 Å². The molecule has 0 aromatic heterocycles. The molecule has 0 spiro atoms. The molecule has 0 atom stereocenters. The quantitative estimate of drug-likeness (QED) is 0.746. The van der Waals surface area contributed by atoms with Gasteiger partial charge in [0, 0.05) is 11.1 Å².